The Morgan fingerprint density at radius 1 is 0.920 bits per heavy atom. The number of nitrogens with zero attached hydrogens (tertiary/aromatic N) is 2. The van der Waals surface area contributed by atoms with Gasteiger partial charge in [-0.15, -0.1) is 0 Å². The summed E-state index contributed by atoms with van der Waals surface area (Å²) in [4.78, 5) is 28.1. The van der Waals surface area contributed by atoms with Gasteiger partial charge in [0.15, 0.2) is 0 Å². The third kappa shape index (κ3) is 3.96. The first-order valence-corrected chi connectivity index (χ1v) is 8.14. The summed E-state index contributed by atoms with van der Waals surface area (Å²) in [7, 11) is 0. The number of hydrogen-bond donors (Lipinski definition) is 1. The SMILES string of the molecule is O=C(Cc1ccccc1O)N1CCN(C(=O)c2ccc(F)cc2)CC1. The number of phenolic OH excluding ortho intramolecular Hbond substituents is 1. The highest BCUT2D eigenvalue weighted by Gasteiger charge is 2.25. The highest BCUT2D eigenvalue weighted by Crippen LogP contribution is 2.18. The molecule has 5 nitrogen and oxygen atoms in total. The second kappa shape index (κ2) is 7.34. The fourth-order valence-corrected chi connectivity index (χ4v) is 2.87. The third-order valence-electron chi connectivity index (χ3n) is 4.34. The highest BCUT2D eigenvalue weighted by atomic mass is 19.1. The number of para-hydroxylation sites is 1. The lowest BCUT2D eigenvalue weighted by atomic mass is 10.1. The van der Waals surface area contributed by atoms with Crippen molar-refractivity contribution in [1.82, 2.24) is 9.80 Å². The molecule has 0 aromatic heterocycles. The van der Waals surface area contributed by atoms with E-state index >= 15 is 0 Å². The largest absolute Gasteiger partial charge is 0.508 e. The molecule has 130 valence electrons. The van der Waals surface area contributed by atoms with Crippen molar-refractivity contribution in [2.24, 2.45) is 0 Å². The Kier molecular flexibility index (Phi) is 4.97. The lowest BCUT2D eigenvalue weighted by Gasteiger charge is -2.35. The number of rotatable bonds is 3. The van der Waals surface area contributed by atoms with Crippen LogP contribution in [0.5, 0.6) is 5.75 Å². The van der Waals surface area contributed by atoms with Gasteiger partial charge >= 0.3 is 0 Å². The van der Waals surface area contributed by atoms with Gasteiger partial charge in [0.05, 0.1) is 6.42 Å². The minimum absolute atomic E-state index is 0.0737. The molecule has 3 rings (SSSR count). The van der Waals surface area contributed by atoms with Gasteiger partial charge < -0.3 is 14.9 Å². The van der Waals surface area contributed by atoms with E-state index < -0.39 is 0 Å². The van der Waals surface area contributed by atoms with E-state index in [1.54, 1.807) is 34.1 Å². The second-order valence-corrected chi connectivity index (χ2v) is 5.99. The Hall–Kier alpha value is -2.89. The second-order valence-electron chi connectivity index (χ2n) is 5.99. The van der Waals surface area contributed by atoms with Crippen molar-refractivity contribution in [3.05, 3.63) is 65.5 Å². The fraction of sp³-hybridized carbons (Fsp3) is 0.263. The van der Waals surface area contributed by atoms with Gasteiger partial charge in [-0.3, -0.25) is 9.59 Å². The zero-order valence-corrected chi connectivity index (χ0v) is 13.7. The van der Waals surface area contributed by atoms with E-state index in [1.807, 2.05) is 0 Å². The van der Waals surface area contributed by atoms with Crippen molar-refractivity contribution in [2.45, 2.75) is 6.42 Å². The summed E-state index contributed by atoms with van der Waals surface area (Å²) in [5, 5.41) is 9.77. The first-order chi connectivity index (χ1) is 12.0. The standard InChI is InChI=1S/C19H19FN2O3/c20-16-7-5-14(6-8-16)19(25)22-11-9-21(10-12-22)18(24)13-15-3-1-2-4-17(15)23/h1-8,23H,9-13H2. The molecule has 2 amide bonds. The average molecular weight is 342 g/mol. The molecular formula is C19H19FN2O3. The van der Waals surface area contributed by atoms with E-state index in [4.69, 9.17) is 0 Å². The highest BCUT2D eigenvalue weighted by molar-refractivity contribution is 5.94. The van der Waals surface area contributed by atoms with Gasteiger partial charge in [-0.2, -0.15) is 0 Å². The molecule has 0 atom stereocenters. The summed E-state index contributed by atoms with van der Waals surface area (Å²) in [6.07, 6.45) is 0.137. The Morgan fingerprint density at radius 3 is 2.16 bits per heavy atom. The number of halogens is 1. The molecule has 1 saturated heterocycles. The van der Waals surface area contributed by atoms with Crippen LogP contribution in [-0.4, -0.2) is 52.9 Å². The van der Waals surface area contributed by atoms with Gasteiger partial charge in [0.25, 0.3) is 5.91 Å². The normalized spacial score (nSPS) is 14.4. The van der Waals surface area contributed by atoms with Gasteiger partial charge in [0.1, 0.15) is 11.6 Å². The summed E-state index contributed by atoms with van der Waals surface area (Å²) < 4.78 is 13.0. The molecule has 1 N–H and O–H groups in total. The van der Waals surface area contributed by atoms with Gasteiger partial charge in [-0.1, -0.05) is 18.2 Å². The molecule has 1 fully saturated rings. The first kappa shape index (κ1) is 17.0. The van der Waals surface area contributed by atoms with Crippen LogP contribution in [0.2, 0.25) is 0 Å². The Labute approximate surface area is 145 Å². The van der Waals surface area contributed by atoms with Crippen LogP contribution in [0, 0.1) is 5.82 Å². The van der Waals surface area contributed by atoms with Crippen molar-refractivity contribution in [3.63, 3.8) is 0 Å². The van der Waals surface area contributed by atoms with E-state index in [2.05, 4.69) is 0 Å². The predicted molar refractivity (Wildman–Crippen MR) is 90.7 cm³/mol. The van der Waals surface area contributed by atoms with Crippen LogP contribution in [0.3, 0.4) is 0 Å². The third-order valence-corrected chi connectivity index (χ3v) is 4.34. The molecule has 0 spiro atoms. The molecule has 0 aliphatic carbocycles. The fourth-order valence-electron chi connectivity index (χ4n) is 2.87. The number of piperazine rings is 1. The molecule has 1 aliphatic heterocycles. The summed E-state index contributed by atoms with van der Waals surface area (Å²) >= 11 is 0. The molecule has 0 radical (unpaired) electrons. The molecular weight excluding hydrogens is 323 g/mol. The maximum Gasteiger partial charge on any atom is 0.253 e. The zero-order valence-electron chi connectivity index (χ0n) is 13.7. The summed E-state index contributed by atoms with van der Waals surface area (Å²) in [5.74, 6) is -0.500. The average Bonchev–Trinajstić information content (AvgIpc) is 2.64. The molecule has 0 saturated carbocycles. The number of carbonyl (C=O) groups is 2. The van der Waals surface area contributed by atoms with Gasteiger partial charge in [0.2, 0.25) is 5.91 Å². The summed E-state index contributed by atoms with van der Waals surface area (Å²) in [6, 6.07) is 12.2. The van der Waals surface area contributed by atoms with E-state index in [0.717, 1.165) is 0 Å². The number of amides is 2. The Bertz CT molecular complexity index is 768. The van der Waals surface area contributed by atoms with Crippen LogP contribution in [-0.2, 0) is 11.2 Å². The summed E-state index contributed by atoms with van der Waals surface area (Å²) in [5.41, 5.74) is 1.03. The predicted octanol–water partition coefficient (Wildman–Crippen LogP) is 2.06. The number of phenols is 1. The van der Waals surface area contributed by atoms with Crippen LogP contribution < -0.4 is 0 Å². The van der Waals surface area contributed by atoms with Crippen molar-refractivity contribution >= 4 is 11.8 Å². The maximum atomic E-state index is 13.0. The van der Waals surface area contributed by atoms with Gasteiger partial charge in [-0.05, 0) is 30.3 Å². The number of aromatic hydroxyl groups is 1. The molecule has 2 aromatic carbocycles. The zero-order chi connectivity index (χ0) is 17.8. The minimum Gasteiger partial charge on any atom is -0.508 e. The monoisotopic (exact) mass is 342 g/mol. The van der Waals surface area contributed by atoms with E-state index in [0.29, 0.717) is 37.3 Å². The van der Waals surface area contributed by atoms with Crippen LogP contribution in [0.1, 0.15) is 15.9 Å². The lowest BCUT2D eigenvalue weighted by molar-refractivity contribution is -0.131. The molecule has 0 bridgehead atoms. The van der Waals surface area contributed by atoms with Crippen molar-refractivity contribution in [3.8, 4) is 5.75 Å². The molecule has 1 aliphatic rings. The topological polar surface area (TPSA) is 60.9 Å². The van der Waals surface area contributed by atoms with E-state index in [-0.39, 0.29) is 29.8 Å². The molecule has 1 heterocycles. The number of carbonyl (C=O) groups excluding carboxylic acids is 2. The molecule has 25 heavy (non-hydrogen) atoms. The Balaban J connectivity index is 1.56. The van der Waals surface area contributed by atoms with Crippen molar-refractivity contribution < 1.29 is 19.1 Å². The van der Waals surface area contributed by atoms with Crippen LogP contribution >= 0.6 is 0 Å². The Morgan fingerprint density at radius 2 is 1.52 bits per heavy atom. The van der Waals surface area contributed by atoms with E-state index in [1.165, 1.54) is 24.3 Å². The molecule has 6 heteroatoms. The molecule has 2 aromatic rings. The summed E-state index contributed by atoms with van der Waals surface area (Å²) in [6.45, 7) is 1.75. The lowest BCUT2D eigenvalue weighted by Crippen LogP contribution is -2.51. The van der Waals surface area contributed by atoms with Gasteiger partial charge in [-0.25, -0.2) is 4.39 Å². The molecule has 0 unspecified atom stereocenters. The van der Waals surface area contributed by atoms with Crippen LogP contribution in [0.4, 0.5) is 4.39 Å². The van der Waals surface area contributed by atoms with Crippen LogP contribution in [0.25, 0.3) is 0 Å². The van der Waals surface area contributed by atoms with Crippen molar-refractivity contribution in [1.29, 1.82) is 0 Å². The quantitative estimate of drug-likeness (QED) is 0.929. The number of hydrogen-bond acceptors (Lipinski definition) is 3. The van der Waals surface area contributed by atoms with Crippen molar-refractivity contribution in [2.75, 3.05) is 26.2 Å². The first-order valence-electron chi connectivity index (χ1n) is 8.14. The van der Waals surface area contributed by atoms with Crippen LogP contribution in [0.15, 0.2) is 48.5 Å². The maximum absolute atomic E-state index is 13.0. The van der Waals surface area contributed by atoms with E-state index in [9.17, 15) is 19.1 Å². The number of benzene rings is 2. The minimum atomic E-state index is -0.379. The van der Waals surface area contributed by atoms with Gasteiger partial charge in [0, 0.05) is 37.3 Å². The smallest absolute Gasteiger partial charge is 0.253 e.